The van der Waals surface area contributed by atoms with E-state index >= 15 is 0 Å². The lowest BCUT2D eigenvalue weighted by molar-refractivity contribution is -0.141. The Balaban J connectivity index is 1.85. The number of carbonyl (C=O) groups excluding carboxylic acids is 2. The van der Waals surface area contributed by atoms with Crippen molar-refractivity contribution in [2.45, 2.75) is 51.1 Å². The first-order valence-electron chi connectivity index (χ1n) is 10.1. The average Bonchev–Trinajstić information content (AvgIpc) is 3.35. The summed E-state index contributed by atoms with van der Waals surface area (Å²) in [5.74, 6) is -1.17. The summed E-state index contributed by atoms with van der Waals surface area (Å²) in [6.07, 6.45) is 4.83. The number of hydrogen-bond acceptors (Lipinski definition) is 3. The molecular weight excluding hydrogens is 350 g/mol. The molecule has 1 aliphatic carbocycles. The Kier molecular flexibility index (Phi) is 5.03. The van der Waals surface area contributed by atoms with Gasteiger partial charge in [0, 0.05) is 11.6 Å². The van der Waals surface area contributed by atoms with E-state index in [4.69, 9.17) is 0 Å². The molecule has 0 spiro atoms. The second-order valence-corrected chi connectivity index (χ2v) is 7.61. The first-order valence-corrected chi connectivity index (χ1v) is 10.1. The van der Waals surface area contributed by atoms with Crippen molar-refractivity contribution < 1.29 is 14.7 Å². The molecule has 4 heteroatoms. The van der Waals surface area contributed by atoms with Gasteiger partial charge < -0.3 is 10.0 Å². The van der Waals surface area contributed by atoms with Crippen molar-refractivity contribution in [1.82, 2.24) is 4.90 Å². The zero-order chi connectivity index (χ0) is 19.7. The fourth-order valence-corrected chi connectivity index (χ4v) is 4.43. The molecule has 1 N–H and O–H groups in total. The fourth-order valence-electron chi connectivity index (χ4n) is 4.43. The normalized spacial score (nSPS) is 22.2. The van der Waals surface area contributed by atoms with Gasteiger partial charge in [-0.3, -0.25) is 9.59 Å². The Labute approximate surface area is 165 Å². The molecule has 4 nitrogen and oxygen atoms in total. The van der Waals surface area contributed by atoms with E-state index in [2.05, 4.69) is 6.92 Å². The van der Waals surface area contributed by atoms with Crippen molar-refractivity contribution in [2.75, 3.05) is 0 Å². The lowest BCUT2D eigenvalue weighted by Gasteiger charge is -2.30. The van der Waals surface area contributed by atoms with Crippen molar-refractivity contribution in [3.8, 4) is 0 Å². The molecule has 4 rings (SSSR count). The van der Waals surface area contributed by atoms with Gasteiger partial charge in [-0.1, -0.05) is 74.4 Å². The third-order valence-electron chi connectivity index (χ3n) is 5.95. The molecule has 1 aliphatic heterocycles. The summed E-state index contributed by atoms with van der Waals surface area (Å²) in [7, 11) is 0. The quantitative estimate of drug-likeness (QED) is 0.482. The number of rotatable bonds is 4. The number of ketones is 1. The summed E-state index contributed by atoms with van der Waals surface area (Å²) in [6.45, 7) is 2.07. The number of aliphatic hydroxyl groups is 1. The molecule has 0 radical (unpaired) electrons. The van der Waals surface area contributed by atoms with Gasteiger partial charge >= 0.3 is 0 Å². The molecule has 2 aromatic carbocycles. The molecule has 1 heterocycles. The zero-order valence-electron chi connectivity index (χ0n) is 16.1. The Morgan fingerprint density at radius 3 is 2.25 bits per heavy atom. The highest BCUT2D eigenvalue weighted by Gasteiger charge is 2.49. The Bertz CT molecular complexity index is 909. The molecular formula is C24H25NO3. The predicted octanol–water partition coefficient (Wildman–Crippen LogP) is 4.61. The molecule has 28 heavy (non-hydrogen) atoms. The van der Waals surface area contributed by atoms with Gasteiger partial charge in [-0.25, -0.2) is 0 Å². The van der Waals surface area contributed by atoms with E-state index in [0.717, 1.165) is 43.2 Å². The van der Waals surface area contributed by atoms with Crippen LogP contribution in [0.5, 0.6) is 0 Å². The summed E-state index contributed by atoms with van der Waals surface area (Å²) in [5.41, 5.74) is 2.79. The Morgan fingerprint density at radius 1 is 1.00 bits per heavy atom. The number of likely N-dealkylation sites (tertiary alicyclic amines) is 1. The van der Waals surface area contributed by atoms with Crippen molar-refractivity contribution >= 4 is 17.4 Å². The van der Waals surface area contributed by atoms with Crippen LogP contribution in [0.25, 0.3) is 5.76 Å². The summed E-state index contributed by atoms with van der Waals surface area (Å²) in [4.78, 5) is 27.7. The van der Waals surface area contributed by atoms with Crippen molar-refractivity contribution in [2.24, 2.45) is 0 Å². The number of aliphatic hydroxyl groups excluding tert-OH is 1. The minimum absolute atomic E-state index is 0.0504. The molecule has 2 aromatic rings. The summed E-state index contributed by atoms with van der Waals surface area (Å²) in [5, 5.41) is 11.0. The Hall–Kier alpha value is -2.88. The topological polar surface area (TPSA) is 57.6 Å². The standard InChI is InChI=1S/C24H25NO3/c1-2-16-12-14-18(15-13-16)22(26)20-21(17-8-4-3-5-9-17)25(24(28)23(20)27)19-10-6-7-11-19/h3-5,8-9,12-15,19,21,26H,2,6-7,10-11H2,1H3/b22-20-. The number of carbonyl (C=O) groups is 2. The summed E-state index contributed by atoms with van der Waals surface area (Å²) in [6, 6.07) is 16.6. The van der Waals surface area contributed by atoms with Crippen LogP contribution in [-0.4, -0.2) is 27.7 Å². The maximum absolute atomic E-state index is 13.0. The second-order valence-electron chi connectivity index (χ2n) is 7.61. The lowest BCUT2D eigenvalue weighted by atomic mass is 9.94. The third kappa shape index (κ3) is 3.13. The van der Waals surface area contributed by atoms with Crippen molar-refractivity contribution in [1.29, 1.82) is 0 Å². The molecule has 2 fully saturated rings. The van der Waals surface area contributed by atoms with E-state index in [-0.39, 0.29) is 17.4 Å². The highest BCUT2D eigenvalue weighted by Crippen LogP contribution is 2.43. The second kappa shape index (κ2) is 7.63. The maximum Gasteiger partial charge on any atom is 0.295 e. The van der Waals surface area contributed by atoms with E-state index in [1.807, 2.05) is 54.6 Å². The van der Waals surface area contributed by atoms with Crippen LogP contribution in [0.15, 0.2) is 60.2 Å². The van der Waals surface area contributed by atoms with Gasteiger partial charge in [0.15, 0.2) is 0 Å². The summed E-state index contributed by atoms with van der Waals surface area (Å²) >= 11 is 0. The number of benzene rings is 2. The number of nitrogens with zero attached hydrogens (tertiary/aromatic N) is 1. The van der Waals surface area contributed by atoms with E-state index in [1.54, 1.807) is 4.90 Å². The van der Waals surface area contributed by atoms with E-state index in [1.165, 1.54) is 0 Å². The minimum Gasteiger partial charge on any atom is -0.507 e. The van der Waals surface area contributed by atoms with Crippen LogP contribution in [0.2, 0.25) is 0 Å². The molecule has 1 atom stereocenters. The van der Waals surface area contributed by atoms with Crippen LogP contribution in [0.4, 0.5) is 0 Å². The third-order valence-corrected chi connectivity index (χ3v) is 5.95. The molecule has 1 saturated carbocycles. The number of hydrogen-bond donors (Lipinski definition) is 1. The fraction of sp³-hybridized carbons (Fsp3) is 0.333. The van der Waals surface area contributed by atoms with Crippen LogP contribution >= 0.6 is 0 Å². The number of Topliss-reactive ketones (excluding diaryl/α,β-unsaturated/α-hetero) is 1. The van der Waals surface area contributed by atoms with Gasteiger partial charge in [0.1, 0.15) is 5.76 Å². The molecule has 0 aromatic heterocycles. The van der Waals surface area contributed by atoms with Crippen LogP contribution in [0, 0.1) is 0 Å². The molecule has 0 bridgehead atoms. The molecule has 1 amide bonds. The minimum atomic E-state index is -0.585. The Morgan fingerprint density at radius 2 is 1.64 bits per heavy atom. The van der Waals surface area contributed by atoms with Crippen molar-refractivity contribution in [3.05, 3.63) is 76.9 Å². The highest BCUT2D eigenvalue weighted by molar-refractivity contribution is 6.46. The largest absolute Gasteiger partial charge is 0.507 e. The zero-order valence-corrected chi connectivity index (χ0v) is 16.1. The van der Waals surface area contributed by atoms with Crippen LogP contribution in [0.3, 0.4) is 0 Å². The van der Waals surface area contributed by atoms with Gasteiger partial charge in [-0.2, -0.15) is 0 Å². The first kappa shape index (κ1) is 18.5. The number of amides is 1. The van der Waals surface area contributed by atoms with Crippen molar-refractivity contribution in [3.63, 3.8) is 0 Å². The molecule has 1 unspecified atom stereocenters. The molecule has 1 saturated heterocycles. The monoisotopic (exact) mass is 375 g/mol. The van der Waals surface area contributed by atoms with Gasteiger partial charge in [0.2, 0.25) is 0 Å². The summed E-state index contributed by atoms with van der Waals surface area (Å²) < 4.78 is 0. The van der Waals surface area contributed by atoms with E-state index in [9.17, 15) is 14.7 Å². The van der Waals surface area contributed by atoms with Gasteiger partial charge in [0.05, 0.1) is 11.6 Å². The predicted molar refractivity (Wildman–Crippen MR) is 109 cm³/mol. The molecule has 144 valence electrons. The van der Waals surface area contributed by atoms with E-state index in [0.29, 0.717) is 5.56 Å². The average molecular weight is 375 g/mol. The first-order chi connectivity index (χ1) is 13.6. The van der Waals surface area contributed by atoms with Gasteiger partial charge in [-0.15, -0.1) is 0 Å². The van der Waals surface area contributed by atoms with Gasteiger partial charge in [-0.05, 0) is 30.4 Å². The van der Waals surface area contributed by atoms with Crippen LogP contribution < -0.4 is 0 Å². The highest BCUT2D eigenvalue weighted by atomic mass is 16.3. The van der Waals surface area contributed by atoms with Crippen LogP contribution in [0.1, 0.15) is 55.3 Å². The lowest BCUT2D eigenvalue weighted by Crippen LogP contribution is -2.37. The smallest absolute Gasteiger partial charge is 0.295 e. The maximum atomic E-state index is 13.0. The van der Waals surface area contributed by atoms with Crippen LogP contribution in [-0.2, 0) is 16.0 Å². The SMILES string of the molecule is CCc1ccc(/C(O)=C2/C(=O)C(=O)N(C3CCCC3)C2c2ccccc2)cc1. The number of aryl methyl sites for hydroxylation is 1. The molecule has 2 aliphatic rings. The van der Waals surface area contributed by atoms with E-state index < -0.39 is 17.7 Å². The van der Waals surface area contributed by atoms with Gasteiger partial charge in [0.25, 0.3) is 11.7 Å².